The summed E-state index contributed by atoms with van der Waals surface area (Å²) in [6.45, 7) is 0.781. The van der Waals surface area contributed by atoms with Crippen LogP contribution in [0.3, 0.4) is 0 Å². The average molecular weight is 325 g/mol. The number of carbonyl (C=O) groups is 1. The van der Waals surface area contributed by atoms with Crippen molar-refractivity contribution in [3.8, 4) is 0 Å². The van der Waals surface area contributed by atoms with Crippen molar-refractivity contribution in [3.63, 3.8) is 0 Å². The molecule has 1 amide bonds. The van der Waals surface area contributed by atoms with E-state index < -0.39 is 6.04 Å². The normalized spacial score (nSPS) is 17.7. The SMILES string of the molecule is O=C(NCC1CCCCCCC1)[C@@H](c1ccccc1)n1cccn1. The van der Waals surface area contributed by atoms with Crippen LogP contribution >= 0.6 is 0 Å². The highest BCUT2D eigenvalue weighted by Crippen LogP contribution is 2.22. The molecule has 0 radical (unpaired) electrons. The highest BCUT2D eigenvalue weighted by atomic mass is 16.2. The maximum Gasteiger partial charge on any atom is 0.249 e. The van der Waals surface area contributed by atoms with Crippen LogP contribution in [-0.4, -0.2) is 22.2 Å². The minimum atomic E-state index is -0.394. The van der Waals surface area contributed by atoms with E-state index in [1.54, 1.807) is 10.9 Å². The number of amides is 1. The summed E-state index contributed by atoms with van der Waals surface area (Å²) < 4.78 is 1.74. The van der Waals surface area contributed by atoms with Crippen LogP contribution in [0.4, 0.5) is 0 Å². The maximum atomic E-state index is 12.9. The summed E-state index contributed by atoms with van der Waals surface area (Å²) in [5, 5.41) is 7.48. The molecule has 0 saturated heterocycles. The van der Waals surface area contributed by atoms with Gasteiger partial charge in [0.15, 0.2) is 6.04 Å². The van der Waals surface area contributed by atoms with Crippen LogP contribution in [0.25, 0.3) is 0 Å². The Bertz CT molecular complexity index is 601. The van der Waals surface area contributed by atoms with Gasteiger partial charge in [0.25, 0.3) is 0 Å². The summed E-state index contributed by atoms with van der Waals surface area (Å²) in [5.74, 6) is 0.648. The second-order valence-electron chi connectivity index (χ2n) is 6.76. The molecule has 1 N–H and O–H groups in total. The van der Waals surface area contributed by atoms with E-state index in [0.29, 0.717) is 5.92 Å². The number of nitrogens with zero attached hydrogens (tertiary/aromatic N) is 2. The molecule has 1 fully saturated rings. The molecule has 128 valence electrons. The third kappa shape index (κ3) is 4.47. The zero-order chi connectivity index (χ0) is 16.6. The van der Waals surface area contributed by atoms with Gasteiger partial charge in [-0.1, -0.05) is 62.4 Å². The lowest BCUT2D eigenvalue weighted by molar-refractivity contribution is -0.123. The Labute approximate surface area is 144 Å². The average Bonchev–Trinajstić information content (AvgIpc) is 3.09. The van der Waals surface area contributed by atoms with Crippen LogP contribution in [0.15, 0.2) is 48.8 Å². The van der Waals surface area contributed by atoms with Crippen LogP contribution in [-0.2, 0) is 4.79 Å². The summed E-state index contributed by atoms with van der Waals surface area (Å²) >= 11 is 0. The van der Waals surface area contributed by atoms with E-state index in [0.717, 1.165) is 12.1 Å². The molecule has 1 atom stereocenters. The molecule has 24 heavy (non-hydrogen) atoms. The Morgan fingerprint density at radius 1 is 1.08 bits per heavy atom. The number of carbonyl (C=O) groups excluding carboxylic acids is 1. The van der Waals surface area contributed by atoms with Gasteiger partial charge in [0.2, 0.25) is 5.91 Å². The van der Waals surface area contributed by atoms with Gasteiger partial charge < -0.3 is 5.32 Å². The fraction of sp³-hybridized carbons (Fsp3) is 0.500. The standard InChI is InChI=1S/C20H27N3O/c24-20(21-16-17-10-5-2-1-3-6-11-17)19(23-15-9-14-22-23)18-12-7-4-8-13-18/h4,7-9,12-15,17,19H,1-3,5-6,10-11,16H2,(H,21,24)/t19-/m1/s1. The van der Waals surface area contributed by atoms with Crippen molar-refractivity contribution in [2.45, 2.75) is 51.0 Å². The molecule has 4 heteroatoms. The molecule has 3 rings (SSSR count). The van der Waals surface area contributed by atoms with Gasteiger partial charge in [-0.2, -0.15) is 5.10 Å². The molecule has 4 nitrogen and oxygen atoms in total. The lowest BCUT2D eigenvalue weighted by Crippen LogP contribution is -2.36. The molecule has 0 bridgehead atoms. The second kappa shape index (κ2) is 8.67. The summed E-state index contributed by atoms with van der Waals surface area (Å²) in [6.07, 6.45) is 12.7. The summed E-state index contributed by atoms with van der Waals surface area (Å²) in [5.41, 5.74) is 0.969. The van der Waals surface area contributed by atoms with Crippen LogP contribution < -0.4 is 5.32 Å². The van der Waals surface area contributed by atoms with Crippen molar-refractivity contribution < 1.29 is 4.79 Å². The van der Waals surface area contributed by atoms with Crippen molar-refractivity contribution in [2.24, 2.45) is 5.92 Å². The van der Waals surface area contributed by atoms with E-state index in [2.05, 4.69) is 10.4 Å². The molecule has 0 unspecified atom stereocenters. The Kier molecular flexibility index (Phi) is 6.05. The maximum absolute atomic E-state index is 12.9. The number of aromatic nitrogens is 2. The van der Waals surface area contributed by atoms with Crippen molar-refractivity contribution in [1.29, 1.82) is 0 Å². The number of hydrogen-bond acceptors (Lipinski definition) is 2. The monoisotopic (exact) mass is 325 g/mol. The zero-order valence-electron chi connectivity index (χ0n) is 14.2. The largest absolute Gasteiger partial charge is 0.354 e. The number of nitrogens with one attached hydrogen (secondary N) is 1. The van der Waals surface area contributed by atoms with Gasteiger partial charge in [-0.25, -0.2) is 0 Å². The molecule has 0 aliphatic heterocycles. The molecular weight excluding hydrogens is 298 g/mol. The molecule has 0 spiro atoms. The van der Waals surface area contributed by atoms with Gasteiger partial charge in [-0.3, -0.25) is 9.48 Å². The smallest absolute Gasteiger partial charge is 0.249 e. The molecule has 1 aromatic heterocycles. The van der Waals surface area contributed by atoms with E-state index >= 15 is 0 Å². The summed E-state index contributed by atoms with van der Waals surface area (Å²) in [4.78, 5) is 12.9. The number of hydrogen-bond donors (Lipinski definition) is 1. The van der Waals surface area contributed by atoms with Gasteiger partial charge >= 0.3 is 0 Å². The van der Waals surface area contributed by atoms with Crippen molar-refractivity contribution in [1.82, 2.24) is 15.1 Å². The van der Waals surface area contributed by atoms with Crippen LogP contribution in [0.5, 0.6) is 0 Å². The minimum absolute atomic E-state index is 0.0342. The molecule has 2 aromatic rings. The predicted molar refractivity (Wildman–Crippen MR) is 95.6 cm³/mol. The van der Waals surface area contributed by atoms with Crippen molar-refractivity contribution >= 4 is 5.91 Å². The molecule has 1 aromatic carbocycles. The molecule has 1 saturated carbocycles. The number of benzene rings is 1. The number of rotatable bonds is 5. The van der Waals surface area contributed by atoms with Gasteiger partial charge in [0.1, 0.15) is 0 Å². The second-order valence-corrected chi connectivity index (χ2v) is 6.76. The van der Waals surface area contributed by atoms with Crippen molar-refractivity contribution in [3.05, 3.63) is 54.4 Å². The first-order chi connectivity index (χ1) is 11.8. The van der Waals surface area contributed by atoms with Gasteiger partial charge in [0, 0.05) is 18.9 Å². The van der Waals surface area contributed by atoms with Gasteiger partial charge in [0.05, 0.1) is 0 Å². The third-order valence-corrected chi connectivity index (χ3v) is 4.94. The first-order valence-corrected chi connectivity index (χ1v) is 9.16. The first-order valence-electron chi connectivity index (χ1n) is 9.16. The Morgan fingerprint density at radius 2 is 1.79 bits per heavy atom. The lowest BCUT2D eigenvalue weighted by atomic mass is 9.91. The molecular formula is C20H27N3O. The molecule has 1 aliphatic carbocycles. The Hall–Kier alpha value is -2.10. The predicted octanol–water partition coefficient (Wildman–Crippen LogP) is 3.95. The third-order valence-electron chi connectivity index (χ3n) is 4.94. The van der Waals surface area contributed by atoms with E-state index in [1.807, 2.05) is 42.6 Å². The van der Waals surface area contributed by atoms with E-state index in [4.69, 9.17) is 0 Å². The highest BCUT2D eigenvalue weighted by Gasteiger charge is 2.23. The molecule has 1 heterocycles. The van der Waals surface area contributed by atoms with Crippen LogP contribution in [0, 0.1) is 5.92 Å². The Balaban J connectivity index is 1.65. The zero-order valence-corrected chi connectivity index (χ0v) is 14.2. The summed E-state index contributed by atoms with van der Waals surface area (Å²) in [7, 11) is 0. The van der Waals surface area contributed by atoms with Crippen LogP contribution in [0.2, 0.25) is 0 Å². The first kappa shape index (κ1) is 16.7. The van der Waals surface area contributed by atoms with Gasteiger partial charge in [-0.05, 0) is 30.4 Å². The minimum Gasteiger partial charge on any atom is -0.354 e. The van der Waals surface area contributed by atoms with Crippen LogP contribution in [0.1, 0.15) is 56.6 Å². The quantitative estimate of drug-likeness (QED) is 0.905. The summed E-state index contributed by atoms with van der Waals surface area (Å²) in [6, 6.07) is 11.3. The lowest BCUT2D eigenvalue weighted by Gasteiger charge is -2.22. The molecule has 1 aliphatic rings. The van der Waals surface area contributed by atoms with Gasteiger partial charge in [-0.15, -0.1) is 0 Å². The van der Waals surface area contributed by atoms with E-state index in [-0.39, 0.29) is 5.91 Å². The fourth-order valence-corrected chi connectivity index (χ4v) is 3.58. The van der Waals surface area contributed by atoms with E-state index in [9.17, 15) is 4.79 Å². The Morgan fingerprint density at radius 3 is 2.46 bits per heavy atom. The topological polar surface area (TPSA) is 46.9 Å². The highest BCUT2D eigenvalue weighted by molar-refractivity contribution is 5.83. The van der Waals surface area contributed by atoms with Crippen molar-refractivity contribution in [2.75, 3.05) is 6.54 Å². The fourth-order valence-electron chi connectivity index (χ4n) is 3.58. The van der Waals surface area contributed by atoms with E-state index in [1.165, 1.54) is 44.9 Å².